The summed E-state index contributed by atoms with van der Waals surface area (Å²) in [5.74, 6) is 4.86. The first kappa shape index (κ1) is 15.0. The predicted octanol–water partition coefficient (Wildman–Crippen LogP) is 0.666. The molecule has 0 bridgehead atoms. The molecule has 6 heteroatoms. The van der Waals surface area contributed by atoms with Crippen LogP contribution in [0.5, 0.6) is 0 Å². The first-order valence-electron chi connectivity index (χ1n) is 6.18. The van der Waals surface area contributed by atoms with Crippen molar-refractivity contribution in [2.24, 2.45) is 11.6 Å². The number of nitrogen functional groups attached to an aromatic ring is 1. The van der Waals surface area contributed by atoms with Crippen molar-refractivity contribution in [2.75, 3.05) is 12.0 Å². The quantitative estimate of drug-likeness (QED) is 0.329. The van der Waals surface area contributed by atoms with Gasteiger partial charge in [0, 0.05) is 24.2 Å². The minimum absolute atomic E-state index is 0.125. The summed E-state index contributed by atoms with van der Waals surface area (Å²) in [5.41, 5.74) is 9.79. The fraction of sp³-hybridized carbons (Fsp3) is 0.385. The Labute approximate surface area is 112 Å². The standard InChI is InChI=1S/C13H20N4O2/c1-9-8-10(17-15)5-6-11(9)13(19)16-7-3-2-4-12(14)18/h5-6,8,17H,2-4,7,15H2,1H3,(H2,14,18)(H,16,19). The Morgan fingerprint density at radius 3 is 2.58 bits per heavy atom. The van der Waals surface area contributed by atoms with Crippen molar-refractivity contribution in [1.29, 1.82) is 0 Å². The number of benzene rings is 1. The maximum atomic E-state index is 11.9. The van der Waals surface area contributed by atoms with Gasteiger partial charge in [0.2, 0.25) is 5.91 Å². The Morgan fingerprint density at radius 2 is 2.00 bits per heavy atom. The van der Waals surface area contributed by atoms with E-state index in [9.17, 15) is 9.59 Å². The normalized spacial score (nSPS) is 10.0. The van der Waals surface area contributed by atoms with Gasteiger partial charge in [-0.15, -0.1) is 0 Å². The van der Waals surface area contributed by atoms with Crippen LogP contribution in [0.25, 0.3) is 0 Å². The molecule has 2 amide bonds. The highest BCUT2D eigenvalue weighted by Gasteiger charge is 2.08. The van der Waals surface area contributed by atoms with E-state index < -0.39 is 0 Å². The Bertz CT molecular complexity index is 460. The van der Waals surface area contributed by atoms with Gasteiger partial charge in [-0.05, 0) is 43.5 Å². The second-order valence-electron chi connectivity index (χ2n) is 4.35. The largest absolute Gasteiger partial charge is 0.370 e. The van der Waals surface area contributed by atoms with Crippen LogP contribution in [0.3, 0.4) is 0 Å². The molecule has 0 fully saturated rings. The fourth-order valence-corrected chi connectivity index (χ4v) is 1.73. The monoisotopic (exact) mass is 264 g/mol. The van der Waals surface area contributed by atoms with Crippen LogP contribution in [0.4, 0.5) is 5.69 Å². The number of hydrogen-bond acceptors (Lipinski definition) is 4. The SMILES string of the molecule is Cc1cc(NN)ccc1C(=O)NCCCCC(N)=O. The zero-order valence-electron chi connectivity index (χ0n) is 11.0. The lowest BCUT2D eigenvalue weighted by Crippen LogP contribution is -2.25. The number of anilines is 1. The van der Waals surface area contributed by atoms with Crippen LogP contribution in [-0.2, 0) is 4.79 Å². The molecule has 1 aromatic carbocycles. The van der Waals surface area contributed by atoms with Crippen molar-refractivity contribution in [1.82, 2.24) is 5.32 Å². The molecule has 0 aliphatic heterocycles. The molecule has 0 aliphatic rings. The molecule has 6 nitrogen and oxygen atoms in total. The molecule has 0 aliphatic carbocycles. The smallest absolute Gasteiger partial charge is 0.251 e. The lowest BCUT2D eigenvalue weighted by Gasteiger charge is -2.09. The maximum Gasteiger partial charge on any atom is 0.251 e. The predicted molar refractivity (Wildman–Crippen MR) is 74.4 cm³/mol. The first-order valence-corrected chi connectivity index (χ1v) is 6.18. The van der Waals surface area contributed by atoms with E-state index in [2.05, 4.69) is 10.7 Å². The number of unbranched alkanes of at least 4 members (excludes halogenated alkanes) is 1. The van der Waals surface area contributed by atoms with Gasteiger partial charge < -0.3 is 16.5 Å². The number of aryl methyl sites for hydroxylation is 1. The number of amides is 2. The molecule has 0 saturated heterocycles. The summed E-state index contributed by atoms with van der Waals surface area (Å²) in [4.78, 5) is 22.4. The first-order chi connectivity index (χ1) is 9.04. The van der Waals surface area contributed by atoms with Crippen molar-refractivity contribution in [2.45, 2.75) is 26.2 Å². The van der Waals surface area contributed by atoms with Gasteiger partial charge in [-0.25, -0.2) is 0 Å². The topological polar surface area (TPSA) is 110 Å². The summed E-state index contributed by atoms with van der Waals surface area (Å²) < 4.78 is 0. The van der Waals surface area contributed by atoms with Crippen LogP contribution in [0.1, 0.15) is 35.2 Å². The summed E-state index contributed by atoms with van der Waals surface area (Å²) in [5, 5.41) is 2.81. The third-order valence-corrected chi connectivity index (χ3v) is 2.77. The van der Waals surface area contributed by atoms with Crippen LogP contribution in [0.15, 0.2) is 18.2 Å². The molecule has 6 N–H and O–H groups in total. The van der Waals surface area contributed by atoms with E-state index >= 15 is 0 Å². The van der Waals surface area contributed by atoms with Crippen LogP contribution in [-0.4, -0.2) is 18.4 Å². The third-order valence-electron chi connectivity index (χ3n) is 2.77. The molecular weight excluding hydrogens is 244 g/mol. The van der Waals surface area contributed by atoms with E-state index in [-0.39, 0.29) is 11.8 Å². The van der Waals surface area contributed by atoms with Crippen LogP contribution >= 0.6 is 0 Å². The molecule has 0 saturated carbocycles. The summed E-state index contributed by atoms with van der Waals surface area (Å²) in [6.07, 6.45) is 1.77. The molecule has 0 unspecified atom stereocenters. The van der Waals surface area contributed by atoms with E-state index in [4.69, 9.17) is 11.6 Å². The number of carbonyl (C=O) groups excluding carboxylic acids is 2. The van der Waals surface area contributed by atoms with Gasteiger partial charge >= 0.3 is 0 Å². The second kappa shape index (κ2) is 7.38. The Morgan fingerprint density at radius 1 is 1.26 bits per heavy atom. The van der Waals surface area contributed by atoms with Crippen molar-refractivity contribution in [3.63, 3.8) is 0 Å². The highest BCUT2D eigenvalue weighted by molar-refractivity contribution is 5.96. The average molecular weight is 264 g/mol. The molecular formula is C13H20N4O2. The van der Waals surface area contributed by atoms with Crippen molar-refractivity contribution < 1.29 is 9.59 Å². The number of primary amides is 1. The van der Waals surface area contributed by atoms with E-state index in [0.717, 1.165) is 17.7 Å². The molecule has 0 spiro atoms. The zero-order chi connectivity index (χ0) is 14.3. The zero-order valence-corrected chi connectivity index (χ0v) is 11.0. The van der Waals surface area contributed by atoms with E-state index in [0.29, 0.717) is 24.9 Å². The summed E-state index contributed by atoms with van der Waals surface area (Å²) >= 11 is 0. The summed E-state index contributed by atoms with van der Waals surface area (Å²) in [6.45, 7) is 2.38. The van der Waals surface area contributed by atoms with Crippen LogP contribution in [0, 0.1) is 6.92 Å². The van der Waals surface area contributed by atoms with Gasteiger partial charge in [0.15, 0.2) is 0 Å². The number of nitrogens with one attached hydrogen (secondary N) is 2. The highest BCUT2D eigenvalue weighted by Crippen LogP contribution is 2.14. The number of carbonyl (C=O) groups is 2. The Balaban J connectivity index is 2.43. The highest BCUT2D eigenvalue weighted by atomic mass is 16.2. The van der Waals surface area contributed by atoms with Gasteiger partial charge in [-0.1, -0.05) is 0 Å². The lowest BCUT2D eigenvalue weighted by atomic mass is 10.1. The number of nitrogens with two attached hydrogens (primary N) is 2. The van der Waals surface area contributed by atoms with Crippen LogP contribution < -0.4 is 22.3 Å². The molecule has 0 aromatic heterocycles. The Hall–Kier alpha value is -2.08. The van der Waals surface area contributed by atoms with E-state index in [1.807, 2.05) is 13.0 Å². The number of hydrazine groups is 1. The molecule has 0 atom stereocenters. The van der Waals surface area contributed by atoms with Crippen molar-refractivity contribution in [3.05, 3.63) is 29.3 Å². The minimum Gasteiger partial charge on any atom is -0.370 e. The number of rotatable bonds is 7. The van der Waals surface area contributed by atoms with Gasteiger partial charge in [-0.3, -0.25) is 15.4 Å². The van der Waals surface area contributed by atoms with Crippen molar-refractivity contribution in [3.8, 4) is 0 Å². The van der Waals surface area contributed by atoms with Gasteiger partial charge in [-0.2, -0.15) is 0 Å². The molecule has 104 valence electrons. The minimum atomic E-state index is -0.313. The third kappa shape index (κ3) is 4.97. The fourth-order valence-electron chi connectivity index (χ4n) is 1.73. The molecule has 0 heterocycles. The summed E-state index contributed by atoms with van der Waals surface area (Å²) in [7, 11) is 0. The number of hydrogen-bond donors (Lipinski definition) is 4. The van der Waals surface area contributed by atoms with Gasteiger partial charge in [0.1, 0.15) is 0 Å². The Kier molecular flexibility index (Phi) is 5.81. The molecule has 19 heavy (non-hydrogen) atoms. The van der Waals surface area contributed by atoms with E-state index in [1.165, 1.54) is 0 Å². The van der Waals surface area contributed by atoms with Gasteiger partial charge in [0.25, 0.3) is 5.91 Å². The molecule has 0 radical (unpaired) electrons. The van der Waals surface area contributed by atoms with E-state index in [1.54, 1.807) is 12.1 Å². The molecule has 1 aromatic rings. The lowest BCUT2D eigenvalue weighted by molar-refractivity contribution is -0.118. The van der Waals surface area contributed by atoms with Gasteiger partial charge in [0.05, 0.1) is 0 Å². The molecule has 1 rings (SSSR count). The van der Waals surface area contributed by atoms with Crippen molar-refractivity contribution >= 4 is 17.5 Å². The summed E-state index contributed by atoms with van der Waals surface area (Å²) in [6, 6.07) is 5.28. The maximum absolute atomic E-state index is 11.9. The van der Waals surface area contributed by atoms with Crippen LogP contribution in [0.2, 0.25) is 0 Å². The second-order valence-corrected chi connectivity index (χ2v) is 4.35. The average Bonchev–Trinajstić information content (AvgIpc) is 2.37.